The lowest BCUT2D eigenvalue weighted by Gasteiger charge is -2.30. The standard InChI is InChI=1S/C16H23N3O4/c1-22-13-6-5-12(8-14(13)23-2)18-15(20)10-19-7-3-4-11(9-19)16(17)21/h5-6,8,11H,3-4,7,9-10H2,1-2H3,(H2,17,21)(H,18,20)/t11-/m0/s1. The Labute approximate surface area is 135 Å². The third-order valence-electron chi connectivity index (χ3n) is 3.94. The molecule has 3 N–H and O–H groups in total. The van der Waals surface area contributed by atoms with Crippen LogP contribution < -0.4 is 20.5 Å². The fourth-order valence-corrected chi connectivity index (χ4v) is 2.75. The van der Waals surface area contributed by atoms with E-state index in [4.69, 9.17) is 15.2 Å². The Bertz CT molecular complexity index is 576. The summed E-state index contributed by atoms with van der Waals surface area (Å²) in [5, 5.41) is 2.83. The number of carbonyl (C=O) groups is 2. The lowest BCUT2D eigenvalue weighted by Crippen LogP contribution is -2.44. The Morgan fingerprint density at radius 3 is 2.70 bits per heavy atom. The third-order valence-corrected chi connectivity index (χ3v) is 3.94. The molecule has 0 unspecified atom stereocenters. The highest BCUT2D eigenvalue weighted by molar-refractivity contribution is 5.92. The molecule has 0 radical (unpaired) electrons. The van der Waals surface area contributed by atoms with Crippen LogP contribution in [0, 0.1) is 5.92 Å². The van der Waals surface area contributed by atoms with Gasteiger partial charge in [0.25, 0.3) is 0 Å². The number of anilines is 1. The van der Waals surface area contributed by atoms with Crippen molar-refractivity contribution >= 4 is 17.5 Å². The second kappa shape index (κ2) is 7.82. The van der Waals surface area contributed by atoms with Crippen molar-refractivity contribution in [3.63, 3.8) is 0 Å². The van der Waals surface area contributed by atoms with Gasteiger partial charge in [0.15, 0.2) is 11.5 Å². The largest absolute Gasteiger partial charge is 0.493 e. The maximum Gasteiger partial charge on any atom is 0.238 e. The molecule has 1 aliphatic heterocycles. The molecule has 0 spiro atoms. The Balaban J connectivity index is 1.93. The SMILES string of the molecule is COc1ccc(NC(=O)CN2CCC[C@H](C(N)=O)C2)cc1OC. The molecule has 23 heavy (non-hydrogen) atoms. The molecule has 2 rings (SSSR count). The molecule has 1 aliphatic rings. The van der Waals surface area contributed by atoms with E-state index in [2.05, 4.69) is 5.32 Å². The lowest BCUT2D eigenvalue weighted by atomic mass is 9.97. The number of nitrogens with zero attached hydrogens (tertiary/aromatic N) is 1. The van der Waals surface area contributed by atoms with Crippen molar-refractivity contribution in [3.05, 3.63) is 18.2 Å². The summed E-state index contributed by atoms with van der Waals surface area (Å²) in [6.45, 7) is 1.57. The summed E-state index contributed by atoms with van der Waals surface area (Å²) in [6, 6.07) is 5.19. The predicted octanol–water partition coefficient (Wildman–Crippen LogP) is 0.840. The topological polar surface area (TPSA) is 93.9 Å². The van der Waals surface area contributed by atoms with Gasteiger partial charge in [0.05, 0.1) is 26.7 Å². The zero-order chi connectivity index (χ0) is 16.8. The first-order valence-corrected chi connectivity index (χ1v) is 7.57. The van der Waals surface area contributed by atoms with Gasteiger partial charge in [-0.25, -0.2) is 0 Å². The third kappa shape index (κ3) is 4.59. The van der Waals surface area contributed by atoms with E-state index < -0.39 is 0 Å². The monoisotopic (exact) mass is 321 g/mol. The molecule has 2 amide bonds. The molecule has 0 bridgehead atoms. The zero-order valence-corrected chi connectivity index (χ0v) is 13.5. The first-order valence-electron chi connectivity index (χ1n) is 7.57. The Morgan fingerprint density at radius 2 is 2.04 bits per heavy atom. The van der Waals surface area contributed by atoms with Crippen molar-refractivity contribution in [3.8, 4) is 11.5 Å². The van der Waals surface area contributed by atoms with E-state index in [0.717, 1.165) is 19.4 Å². The summed E-state index contributed by atoms with van der Waals surface area (Å²) in [4.78, 5) is 25.4. The summed E-state index contributed by atoms with van der Waals surface area (Å²) in [6.07, 6.45) is 1.67. The number of carbonyl (C=O) groups excluding carboxylic acids is 2. The van der Waals surface area contributed by atoms with E-state index in [9.17, 15) is 9.59 Å². The molecule has 1 heterocycles. The summed E-state index contributed by atoms with van der Waals surface area (Å²) in [7, 11) is 3.10. The van der Waals surface area contributed by atoms with Crippen LogP contribution in [0.3, 0.4) is 0 Å². The van der Waals surface area contributed by atoms with E-state index >= 15 is 0 Å². The molecule has 7 nitrogen and oxygen atoms in total. The molecule has 1 aromatic carbocycles. The minimum absolute atomic E-state index is 0.137. The normalized spacial score (nSPS) is 18.3. The van der Waals surface area contributed by atoms with Crippen molar-refractivity contribution in [2.75, 3.05) is 39.2 Å². The molecular formula is C16H23N3O4. The summed E-state index contributed by atoms with van der Waals surface area (Å²) < 4.78 is 10.4. The molecular weight excluding hydrogens is 298 g/mol. The van der Waals surface area contributed by atoms with Gasteiger partial charge in [-0.2, -0.15) is 0 Å². The number of benzene rings is 1. The van der Waals surface area contributed by atoms with Crippen molar-refractivity contribution in [1.82, 2.24) is 4.90 Å². The van der Waals surface area contributed by atoms with Gasteiger partial charge in [-0.05, 0) is 31.5 Å². The molecule has 7 heteroatoms. The summed E-state index contributed by atoms with van der Waals surface area (Å²) in [5.41, 5.74) is 5.99. The molecule has 1 saturated heterocycles. The van der Waals surface area contributed by atoms with Gasteiger partial charge in [-0.1, -0.05) is 0 Å². The number of rotatable bonds is 6. The summed E-state index contributed by atoms with van der Waals surface area (Å²) >= 11 is 0. The zero-order valence-electron chi connectivity index (χ0n) is 13.5. The van der Waals surface area contributed by atoms with Crippen LogP contribution in [0.2, 0.25) is 0 Å². The Kier molecular flexibility index (Phi) is 5.81. The van der Waals surface area contributed by atoms with Gasteiger partial charge in [-0.15, -0.1) is 0 Å². The molecule has 0 aliphatic carbocycles. The quantitative estimate of drug-likeness (QED) is 0.810. The number of ether oxygens (including phenoxy) is 2. The van der Waals surface area contributed by atoms with E-state index in [1.54, 1.807) is 32.4 Å². The lowest BCUT2D eigenvalue weighted by molar-refractivity contribution is -0.125. The second-order valence-corrected chi connectivity index (χ2v) is 5.59. The Morgan fingerprint density at radius 1 is 1.30 bits per heavy atom. The average Bonchev–Trinajstić information content (AvgIpc) is 2.54. The van der Waals surface area contributed by atoms with Gasteiger partial charge < -0.3 is 20.5 Å². The van der Waals surface area contributed by atoms with Crippen molar-refractivity contribution in [2.45, 2.75) is 12.8 Å². The van der Waals surface area contributed by atoms with E-state index in [-0.39, 0.29) is 24.3 Å². The van der Waals surface area contributed by atoms with Crippen LogP contribution in [0.5, 0.6) is 11.5 Å². The van der Waals surface area contributed by atoms with Gasteiger partial charge in [0.1, 0.15) is 0 Å². The fourth-order valence-electron chi connectivity index (χ4n) is 2.75. The number of hydrogen-bond acceptors (Lipinski definition) is 5. The van der Waals surface area contributed by atoms with Crippen LogP contribution in [-0.2, 0) is 9.59 Å². The first kappa shape index (κ1) is 17.1. The van der Waals surface area contributed by atoms with Crippen LogP contribution in [0.4, 0.5) is 5.69 Å². The van der Waals surface area contributed by atoms with Gasteiger partial charge in [-0.3, -0.25) is 14.5 Å². The minimum atomic E-state index is -0.296. The number of primary amides is 1. The maximum atomic E-state index is 12.2. The molecule has 1 aromatic rings. The predicted molar refractivity (Wildman–Crippen MR) is 86.5 cm³/mol. The maximum absolute atomic E-state index is 12.2. The molecule has 126 valence electrons. The van der Waals surface area contributed by atoms with Crippen LogP contribution in [0.1, 0.15) is 12.8 Å². The van der Waals surface area contributed by atoms with E-state index in [1.807, 2.05) is 4.90 Å². The average molecular weight is 321 g/mol. The van der Waals surface area contributed by atoms with Crippen LogP contribution in [0.25, 0.3) is 0 Å². The number of piperidine rings is 1. The highest BCUT2D eigenvalue weighted by Crippen LogP contribution is 2.29. The molecule has 1 atom stereocenters. The van der Waals surface area contributed by atoms with Gasteiger partial charge in [0.2, 0.25) is 11.8 Å². The number of nitrogens with two attached hydrogens (primary N) is 1. The first-order chi connectivity index (χ1) is 11.0. The van der Waals surface area contributed by atoms with E-state index in [1.165, 1.54) is 0 Å². The van der Waals surface area contributed by atoms with Crippen molar-refractivity contribution < 1.29 is 19.1 Å². The van der Waals surface area contributed by atoms with Gasteiger partial charge in [0, 0.05) is 18.3 Å². The number of nitrogens with one attached hydrogen (secondary N) is 1. The van der Waals surface area contributed by atoms with Gasteiger partial charge >= 0.3 is 0 Å². The number of hydrogen-bond donors (Lipinski definition) is 2. The minimum Gasteiger partial charge on any atom is -0.493 e. The number of amides is 2. The van der Waals surface area contributed by atoms with E-state index in [0.29, 0.717) is 23.7 Å². The van der Waals surface area contributed by atoms with Crippen LogP contribution >= 0.6 is 0 Å². The highest BCUT2D eigenvalue weighted by Gasteiger charge is 2.25. The fraction of sp³-hybridized carbons (Fsp3) is 0.500. The molecule has 0 saturated carbocycles. The molecule has 1 fully saturated rings. The summed E-state index contributed by atoms with van der Waals surface area (Å²) in [5.74, 6) is 0.554. The number of likely N-dealkylation sites (tertiary alicyclic amines) is 1. The highest BCUT2D eigenvalue weighted by atomic mass is 16.5. The van der Waals surface area contributed by atoms with Crippen molar-refractivity contribution in [2.24, 2.45) is 11.7 Å². The Hall–Kier alpha value is -2.28. The molecule has 0 aromatic heterocycles. The smallest absolute Gasteiger partial charge is 0.238 e. The van der Waals surface area contributed by atoms with Crippen LogP contribution in [0.15, 0.2) is 18.2 Å². The second-order valence-electron chi connectivity index (χ2n) is 5.59. The van der Waals surface area contributed by atoms with Crippen molar-refractivity contribution in [1.29, 1.82) is 0 Å². The number of methoxy groups -OCH3 is 2. The van der Waals surface area contributed by atoms with Crippen LogP contribution in [-0.4, -0.2) is 50.6 Å².